The highest BCUT2D eigenvalue weighted by atomic mass is 16.2. The Labute approximate surface area is 89.0 Å². The molecule has 2 bridgehead atoms. The third-order valence-electron chi connectivity index (χ3n) is 3.30. The molecule has 0 radical (unpaired) electrons. The maximum atomic E-state index is 11.5. The molecule has 76 valence electrons. The van der Waals surface area contributed by atoms with E-state index in [0.717, 1.165) is 12.8 Å². The summed E-state index contributed by atoms with van der Waals surface area (Å²) >= 11 is 0. The molecule has 1 fully saturated rings. The number of hydrogen-bond acceptors (Lipinski definition) is 1. The predicted molar refractivity (Wildman–Crippen MR) is 58.3 cm³/mol. The minimum absolute atomic E-state index is 0.0941. The zero-order valence-corrected chi connectivity index (χ0v) is 8.44. The molecule has 2 heteroatoms. The van der Waals surface area contributed by atoms with Gasteiger partial charge in [-0.15, -0.1) is 0 Å². The average molecular weight is 199 g/mol. The highest BCUT2D eigenvalue weighted by Gasteiger charge is 2.45. The van der Waals surface area contributed by atoms with Crippen molar-refractivity contribution in [1.82, 2.24) is 5.32 Å². The molecule has 1 saturated heterocycles. The number of benzene rings is 1. The van der Waals surface area contributed by atoms with Gasteiger partial charge in [-0.25, -0.2) is 0 Å². The van der Waals surface area contributed by atoms with Crippen molar-refractivity contribution in [3.8, 4) is 0 Å². The van der Waals surface area contributed by atoms with Gasteiger partial charge >= 0.3 is 0 Å². The van der Waals surface area contributed by atoms with E-state index in [2.05, 4.69) is 23.5 Å². The molecule has 0 aromatic heterocycles. The van der Waals surface area contributed by atoms with Crippen LogP contribution in [-0.2, 0) is 11.2 Å². The molecule has 1 N–H and O–H groups in total. The van der Waals surface area contributed by atoms with Crippen LogP contribution in [0.5, 0.6) is 0 Å². The number of fused-ring (bicyclic) bond motifs is 2. The van der Waals surface area contributed by atoms with Gasteiger partial charge in [0.15, 0.2) is 0 Å². The van der Waals surface area contributed by atoms with E-state index in [9.17, 15) is 4.79 Å². The lowest BCUT2D eigenvalue weighted by molar-refractivity contribution is -0.121. The van der Waals surface area contributed by atoms with Crippen LogP contribution < -0.4 is 5.32 Å². The first-order valence-electron chi connectivity index (χ1n) is 5.33. The van der Waals surface area contributed by atoms with Gasteiger partial charge in [0.1, 0.15) is 0 Å². The molecular formula is C13H13NO. The summed E-state index contributed by atoms with van der Waals surface area (Å²) in [6.07, 6.45) is 6.04. The highest BCUT2D eigenvalue weighted by molar-refractivity contribution is 5.86. The first kappa shape index (κ1) is 8.72. The molecule has 0 spiro atoms. The monoisotopic (exact) mass is 199 g/mol. The van der Waals surface area contributed by atoms with Crippen LogP contribution in [0.15, 0.2) is 42.5 Å². The SMILES string of the molecule is O=C1NC2(Cc3ccccc3)C=CC1C2. The van der Waals surface area contributed by atoms with Crippen LogP contribution in [0, 0.1) is 5.92 Å². The van der Waals surface area contributed by atoms with Crippen LogP contribution in [0.1, 0.15) is 12.0 Å². The van der Waals surface area contributed by atoms with Crippen molar-refractivity contribution < 1.29 is 4.79 Å². The van der Waals surface area contributed by atoms with Crippen molar-refractivity contribution in [2.24, 2.45) is 5.92 Å². The quantitative estimate of drug-likeness (QED) is 0.721. The Kier molecular flexibility index (Phi) is 1.72. The van der Waals surface area contributed by atoms with E-state index >= 15 is 0 Å². The van der Waals surface area contributed by atoms with Gasteiger partial charge in [0.05, 0.1) is 11.5 Å². The number of rotatable bonds is 2. The molecule has 15 heavy (non-hydrogen) atoms. The third kappa shape index (κ3) is 1.37. The Morgan fingerprint density at radius 3 is 2.73 bits per heavy atom. The molecule has 1 heterocycles. The van der Waals surface area contributed by atoms with E-state index in [1.165, 1.54) is 5.56 Å². The van der Waals surface area contributed by atoms with Crippen molar-refractivity contribution in [3.63, 3.8) is 0 Å². The lowest BCUT2D eigenvalue weighted by atomic mass is 9.91. The molecule has 1 aromatic rings. The number of carbonyl (C=O) groups excluding carboxylic acids is 1. The molecule has 2 atom stereocenters. The van der Waals surface area contributed by atoms with E-state index in [0.29, 0.717) is 0 Å². The second kappa shape index (κ2) is 2.96. The van der Waals surface area contributed by atoms with E-state index in [-0.39, 0.29) is 17.4 Å². The molecule has 1 aromatic carbocycles. The molecule has 1 aliphatic heterocycles. The summed E-state index contributed by atoms with van der Waals surface area (Å²) in [6.45, 7) is 0. The van der Waals surface area contributed by atoms with Crippen molar-refractivity contribution >= 4 is 5.91 Å². The largest absolute Gasteiger partial charge is 0.346 e. The topological polar surface area (TPSA) is 29.1 Å². The van der Waals surface area contributed by atoms with Gasteiger partial charge in [-0.2, -0.15) is 0 Å². The van der Waals surface area contributed by atoms with Gasteiger partial charge in [-0.3, -0.25) is 4.79 Å². The van der Waals surface area contributed by atoms with Crippen molar-refractivity contribution in [3.05, 3.63) is 48.0 Å². The fraction of sp³-hybridized carbons (Fsp3) is 0.308. The van der Waals surface area contributed by atoms with Crippen LogP contribution in [0.3, 0.4) is 0 Å². The smallest absolute Gasteiger partial charge is 0.227 e. The molecule has 2 aliphatic rings. The minimum atomic E-state index is -0.0941. The fourth-order valence-corrected chi connectivity index (χ4v) is 2.58. The molecular weight excluding hydrogens is 186 g/mol. The normalized spacial score (nSPS) is 32.0. The number of hydrogen-bond donors (Lipinski definition) is 1. The van der Waals surface area contributed by atoms with Gasteiger partial charge in [0.25, 0.3) is 0 Å². The zero-order valence-electron chi connectivity index (χ0n) is 8.44. The van der Waals surface area contributed by atoms with Crippen LogP contribution in [0.25, 0.3) is 0 Å². The summed E-state index contributed by atoms with van der Waals surface area (Å²) in [7, 11) is 0. The predicted octanol–water partition coefficient (Wildman–Crippen LogP) is 1.67. The van der Waals surface area contributed by atoms with Crippen LogP contribution >= 0.6 is 0 Å². The first-order valence-corrected chi connectivity index (χ1v) is 5.33. The van der Waals surface area contributed by atoms with Gasteiger partial charge in [-0.05, 0) is 18.4 Å². The van der Waals surface area contributed by atoms with Gasteiger partial charge in [0, 0.05) is 0 Å². The van der Waals surface area contributed by atoms with Crippen molar-refractivity contribution in [2.75, 3.05) is 0 Å². The van der Waals surface area contributed by atoms with E-state index in [1.807, 2.05) is 24.3 Å². The Morgan fingerprint density at radius 2 is 2.13 bits per heavy atom. The van der Waals surface area contributed by atoms with Crippen LogP contribution in [0.4, 0.5) is 0 Å². The third-order valence-corrected chi connectivity index (χ3v) is 3.30. The Bertz CT molecular complexity index is 423. The zero-order chi connectivity index (χ0) is 10.3. The lowest BCUT2D eigenvalue weighted by Gasteiger charge is -2.24. The molecule has 2 unspecified atom stereocenters. The number of nitrogens with one attached hydrogen (secondary N) is 1. The van der Waals surface area contributed by atoms with Crippen molar-refractivity contribution in [1.29, 1.82) is 0 Å². The Hall–Kier alpha value is -1.57. The highest BCUT2D eigenvalue weighted by Crippen LogP contribution is 2.36. The summed E-state index contributed by atoms with van der Waals surface area (Å²) in [5, 5.41) is 3.09. The molecule has 0 saturated carbocycles. The van der Waals surface area contributed by atoms with Gasteiger partial charge < -0.3 is 5.32 Å². The summed E-state index contributed by atoms with van der Waals surface area (Å²) in [6, 6.07) is 10.3. The average Bonchev–Trinajstić information content (AvgIpc) is 2.75. The minimum Gasteiger partial charge on any atom is -0.346 e. The second-order valence-electron chi connectivity index (χ2n) is 4.48. The van der Waals surface area contributed by atoms with Crippen molar-refractivity contribution in [2.45, 2.75) is 18.4 Å². The first-order chi connectivity index (χ1) is 7.27. The van der Waals surface area contributed by atoms with Gasteiger partial charge in [0.2, 0.25) is 5.91 Å². The maximum Gasteiger partial charge on any atom is 0.227 e. The number of amides is 1. The number of carbonyl (C=O) groups is 1. The lowest BCUT2D eigenvalue weighted by Crippen LogP contribution is -2.42. The van der Waals surface area contributed by atoms with E-state index < -0.39 is 0 Å². The fourth-order valence-electron chi connectivity index (χ4n) is 2.58. The summed E-state index contributed by atoms with van der Waals surface area (Å²) in [5.41, 5.74) is 1.19. The Morgan fingerprint density at radius 1 is 1.33 bits per heavy atom. The summed E-state index contributed by atoms with van der Waals surface area (Å²) < 4.78 is 0. The van der Waals surface area contributed by atoms with E-state index in [1.54, 1.807) is 0 Å². The second-order valence-corrected chi connectivity index (χ2v) is 4.48. The summed E-state index contributed by atoms with van der Waals surface area (Å²) in [5.74, 6) is 0.308. The van der Waals surface area contributed by atoms with Crippen LogP contribution in [0.2, 0.25) is 0 Å². The summed E-state index contributed by atoms with van der Waals surface area (Å²) in [4.78, 5) is 11.5. The van der Waals surface area contributed by atoms with Gasteiger partial charge in [-0.1, -0.05) is 42.5 Å². The molecule has 1 aliphatic carbocycles. The molecule has 3 rings (SSSR count). The maximum absolute atomic E-state index is 11.5. The Balaban J connectivity index is 1.85. The van der Waals surface area contributed by atoms with Crippen LogP contribution in [-0.4, -0.2) is 11.4 Å². The molecule has 2 nitrogen and oxygen atoms in total. The molecule has 1 amide bonds. The standard InChI is InChI=1S/C13H13NO/c15-12-11-6-7-13(9-11,14-12)8-10-4-2-1-3-5-10/h1-7,11H,8-9H2,(H,14,15). The van der Waals surface area contributed by atoms with E-state index in [4.69, 9.17) is 0 Å².